The number of hydrogen-bond donors (Lipinski definition) is 1. The number of rotatable bonds is 8. The molecule has 190 valence electrons. The van der Waals surface area contributed by atoms with E-state index in [0.717, 1.165) is 6.07 Å². The summed E-state index contributed by atoms with van der Waals surface area (Å²) >= 11 is 6.19. The zero-order valence-corrected chi connectivity index (χ0v) is 19.8. The van der Waals surface area contributed by atoms with Crippen LogP contribution in [0.5, 0.6) is 17.2 Å². The van der Waals surface area contributed by atoms with E-state index in [4.69, 9.17) is 21.1 Å². The third kappa shape index (κ3) is 6.99. The van der Waals surface area contributed by atoms with E-state index in [1.165, 1.54) is 24.3 Å². The fourth-order valence-electron chi connectivity index (χ4n) is 3.05. The van der Waals surface area contributed by atoms with Crippen molar-refractivity contribution in [2.45, 2.75) is 13.1 Å². The Labute approximate surface area is 213 Å². The molecule has 1 amide bonds. The second kappa shape index (κ2) is 11.5. The van der Waals surface area contributed by atoms with Crippen LogP contribution in [0.2, 0.25) is 5.02 Å². The van der Waals surface area contributed by atoms with E-state index in [1.54, 1.807) is 30.3 Å². The molecular weight excluding hydrogens is 515 g/mol. The molecule has 0 atom stereocenters. The maximum Gasteiger partial charge on any atom is 0.416 e. The molecule has 0 saturated carbocycles. The third-order valence-corrected chi connectivity index (χ3v) is 5.05. The summed E-state index contributed by atoms with van der Waals surface area (Å²) in [5.41, 5.74) is -1.57. The van der Waals surface area contributed by atoms with Gasteiger partial charge >= 0.3 is 11.9 Å². The molecule has 0 heterocycles. The molecule has 0 bridgehead atoms. The summed E-state index contributed by atoms with van der Waals surface area (Å²) < 4.78 is 49.5. The predicted octanol–water partition coefficient (Wildman–Crippen LogP) is 7.00. The van der Waals surface area contributed by atoms with Crippen molar-refractivity contribution in [2.75, 3.05) is 11.9 Å². The van der Waals surface area contributed by atoms with Gasteiger partial charge < -0.3 is 14.8 Å². The van der Waals surface area contributed by atoms with E-state index < -0.39 is 34.0 Å². The van der Waals surface area contributed by atoms with Crippen molar-refractivity contribution in [1.82, 2.24) is 0 Å². The number of nitro benzene ring substituents is 1. The highest BCUT2D eigenvalue weighted by atomic mass is 35.5. The summed E-state index contributed by atoms with van der Waals surface area (Å²) in [6.07, 6.45) is -3.51. The van der Waals surface area contributed by atoms with Crippen LogP contribution >= 0.6 is 11.6 Å². The first-order chi connectivity index (χ1) is 17.5. The number of carbonyl (C=O) groups excluding carboxylic acids is 1. The van der Waals surface area contributed by atoms with Gasteiger partial charge in [-0.05, 0) is 67.1 Å². The molecule has 0 radical (unpaired) electrons. The van der Waals surface area contributed by atoms with Crippen LogP contribution in [0.3, 0.4) is 0 Å². The summed E-state index contributed by atoms with van der Waals surface area (Å²) in [6, 6.07) is 14.2. The molecule has 0 unspecified atom stereocenters. The second-order valence-corrected chi connectivity index (χ2v) is 7.72. The van der Waals surface area contributed by atoms with Crippen LogP contribution in [0.1, 0.15) is 18.1 Å². The maximum atomic E-state index is 12.9. The number of nitro groups is 1. The van der Waals surface area contributed by atoms with Crippen LogP contribution in [-0.4, -0.2) is 17.4 Å². The Balaban J connectivity index is 1.80. The van der Waals surface area contributed by atoms with E-state index in [0.29, 0.717) is 35.7 Å². The Morgan fingerprint density at radius 2 is 1.81 bits per heavy atom. The van der Waals surface area contributed by atoms with Crippen molar-refractivity contribution < 1.29 is 32.4 Å². The highest BCUT2D eigenvalue weighted by molar-refractivity contribution is 6.32. The summed E-state index contributed by atoms with van der Waals surface area (Å²) in [5, 5.41) is 23.2. The SMILES string of the molecule is CCOc1ccc(NC(=O)/C(C#N)=C\c2ccc(Oc3ccc(C(F)(F)F)cc3[N+](=O)[O-])c(Cl)c2)cc1. The van der Waals surface area contributed by atoms with Gasteiger partial charge in [0.2, 0.25) is 5.75 Å². The molecule has 1 N–H and O–H groups in total. The minimum absolute atomic E-state index is 0.0628. The van der Waals surface area contributed by atoms with Crippen molar-refractivity contribution in [2.24, 2.45) is 0 Å². The molecule has 0 saturated heterocycles. The number of anilines is 1. The zero-order valence-electron chi connectivity index (χ0n) is 19.0. The lowest BCUT2D eigenvalue weighted by molar-refractivity contribution is -0.385. The Kier molecular flexibility index (Phi) is 8.37. The molecule has 37 heavy (non-hydrogen) atoms. The number of nitriles is 1. The topological polar surface area (TPSA) is 114 Å². The second-order valence-electron chi connectivity index (χ2n) is 7.31. The number of nitrogens with zero attached hydrogens (tertiary/aromatic N) is 2. The number of benzene rings is 3. The molecule has 3 aromatic rings. The van der Waals surface area contributed by atoms with Crippen LogP contribution in [0.15, 0.2) is 66.2 Å². The van der Waals surface area contributed by atoms with Crippen molar-refractivity contribution in [3.05, 3.63) is 92.5 Å². The highest BCUT2D eigenvalue weighted by Crippen LogP contribution is 2.39. The molecule has 0 spiro atoms. The van der Waals surface area contributed by atoms with Crippen molar-refractivity contribution in [3.63, 3.8) is 0 Å². The first-order valence-corrected chi connectivity index (χ1v) is 10.9. The van der Waals surface area contributed by atoms with E-state index >= 15 is 0 Å². The first-order valence-electron chi connectivity index (χ1n) is 10.5. The van der Waals surface area contributed by atoms with Gasteiger partial charge in [0.25, 0.3) is 5.91 Å². The first kappa shape index (κ1) is 27.0. The average Bonchev–Trinajstić information content (AvgIpc) is 2.84. The largest absolute Gasteiger partial charge is 0.494 e. The smallest absolute Gasteiger partial charge is 0.416 e. The van der Waals surface area contributed by atoms with Gasteiger partial charge in [0.05, 0.1) is 22.1 Å². The monoisotopic (exact) mass is 531 g/mol. The van der Waals surface area contributed by atoms with Gasteiger partial charge in [-0.25, -0.2) is 0 Å². The van der Waals surface area contributed by atoms with Crippen molar-refractivity contribution in [3.8, 4) is 23.3 Å². The molecule has 0 fully saturated rings. The van der Waals surface area contributed by atoms with E-state index in [2.05, 4.69) is 5.32 Å². The van der Waals surface area contributed by atoms with Crippen molar-refractivity contribution >= 4 is 35.0 Å². The number of hydrogen-bond acceptors (Lipinski definition) is 6. The quantitative estimate of drug-likeness (QED) is 0.145. The Morgan fingerprint density at radius 1 is 1.14 bits per heavy atom. The average molecular weight is 532 g/mol. The molecule has 0 aliphatic carbocycles. The third-order valence-electron chi connectivity index (χ3n) is 4.76. The van der Waals surface area contributed by atoms with Crippen LogP contribution in [-0.2, 0) is 11.0 Å². The normalized spacial score (nSPS) is 11.4. The van der Waals surface area contributed by atoms with E-state index in [1.807, 2.05) is 6.92 Å². The Hall–Kier alpha value is -4.56. The Morgan fingerprint density at radius 3 is 2.38 bits per heavy atom. The van der Waals surface area contributed by atoms with Gasteiger partial charge in [-0.1, -0.05) is 17.7 Å². The lowest BCUT2D eigenvalue weighted by Gasteiger charge is -2.11. The molecule has 0 aliphatic heterocycles. The minimum Gasteiger partial charge on any atom is -0.494 e. The number of nitrogens with one attached hydrogen (secondary N) is 1. The lowest BCUT2D eigenvalue weighted by atomic mass is 10.1. The highest BCUT2D eigenvalue weighted by Gasteiger charge is 2.33. The molecule has 12 heteroatoms. The van der Waals surface area contributed by atoms with Gasteiger partial charge in [-0.15, -0.1) is 0 Å². The molecular formula is C25H17ClF3N3O5. The molecule has 0 aromatic heterocycles. The molecule has 8 nitrogen and oxygen atoms in total. The summed E-state index contributed by atoms with van der Waals surface area (Å²) in [5.74, 6) is -0.590. The number of carbonyl (C=O) groups is 1. The summed E-state index contributed by atoms with van der Waals surface area (Å²) in [7, 11) is 0. The van der Waals surface area contributed by atoms with Gasteiger partial charge in [0.15, 0.2) is 0 Å². The van der Waals surface area contributed by atoms with Crippen LogP contribution in [0.4, 0.5) is 24.5 Å². The van der Waals surface area contributed by atoms with E-state index in [9.17, 15) is 33.3 Å². The fraction of sp³-hybridized carbons (Fsp3) is 0.120. The van der Waals surface area contributed by atoms with Crippen LogP contribution in [0, 0.1) is 21.4 Å². The lowest BCUT2D eigenvalue weighted by Crippen LogP contribution is -2.13. The number of alkyl halides is 3. The van der Waals surface area contributed by atoms with Gasteiger partial charge in [0.1, 0.15) is 23.1 Å². The van der Waals surface area contributed by atoms with Crippen molar-refractivity contribution in [1.29, 1.82) is 5.26 Å². The standard InChI is InChI=1S/C25H17ClF3N3O5/c1-2-36-19-7-5-18(6-8-19)31-24(33)16(14-30)11-15-3-9-22(20(26)12-15)37-23-10-4-17(25(27,28)29)13-21(23)32(34)35/h3-13H,2H2,1H3,(H,31,33)/b16-11-. The fourth-order valence-corrected chi connectivity index (χ4v) is 3.27. The number of amides is 1. The molecule has 0 aliphatic rings. The Bertz CT molecular complexity index is 1400. The van der Waals surface area contributed by atoms with Gasteiger partial charge in [0, 0.05) is 11.8 Å². The number of halogens is 4. The summed E-state index contributed by atoms with van der Waals surface area (Å²) in [6.45, 7) is 2.32. The molecule has 3 rings (SSSR count). The van der Waals surface area contributed by atoms with Gasteiger partial charge in [-0.3, -0.25) is 14.9 Å². The maximum absolute atomic E-state index is 12.9. The number of ether oxygens (including phenoxy) is 2. The summed E-state index contributed by atoms with van der Waals surface area (Å²) in [4.78, 5) is 22.8. The minimum atomic E-state index is -4.77. The predicted molar refractivity (Wildman–Crippen MR) is 129 cm³/mol. The zero-order chi connectivity index (χ0) is 27.2. The van der Waals surface area contributed by atoms with Gasteiger partial charge in [-0.2, -0.15) is 18.4 Å². The van der Waals surface area contributed by atoms with Crippen LogP contribution < -0.4 is 14.8 Å². The molecule has 3 aromatic carbocycles. The van der Waals surface area contributed by atoms with Crippen LogP contribution in [0.25, 0.3) is 6.08 Å². The van der Waals surface area contributed by atoms with E-state index in [-0.39, 0.29) is 16.3 Å².